The van der Waals surface area contributed by atoms with Crippen molar-refractivity contribution in [2.75, 3.05) is 12.4 Å². The zero-order chi connectivity index (χ0) is 20.7. The Hall–Kier alpha value is -3.23. The first kappa shape index (κ1) is 21.1. The molecule has 0 saturated carbocycles. The van der Waals surface area contributed by atoms with E-state index in [2.05, 4.69) is 5.32 Å². The van der Waals surface area contributed by atoms with E-state index < -0.39 is 24.2 Å². The average molecular weight is 396 g/mol. The summed E-state index contributed by atoms with van der Waals surface area (Å²) in [6.07, 6.45) is -4.55. The molecule has 2 aromatic carbocycles. The molecule has 0 radical (unpaired) electrons. The first-order chi connectivity index (χ1) is 13.2. The number of rotatable bonds is 7. The van der Waals surface area contributed by atoms with Gasteiger partial charge in [-0.15, -0.1) is 0 Å². The van der Waals surface area contributed by atoms with Gasteiger partial charge in [0.25, 0.3) is 0 Å². The maximum atomic E-state index is 13.4. The minimum Gasteiger partial charge on any atom is -0.497 e. The summed E-state index contributed by atoms with van der Waals surface area (Å²) in [6.45, 7) is 0. The van der Waals surface area contributed by atoms with Crippen molar-refractivity contribution in [3.63, 3.8) is 0 Å². The van der Waals surface area contributed by atoms with Crippen LogP contribution in [0.1, 0.15) is 23.6 Å². The van der Waals surface area contributed by atoms with Gasteiger partial charge in [0.05, 0.1) is 7.11 Å². The molecule has 9 heteroatoms. The number of alkyl halides is 3. The largest absolute Gasteiger partial charge is 0.497 e. The predicted molar refractivity (Wildman–Crippen MR) is 96.3 cm³/mol. The van der Waals surface area contributed by atoms with Crippen LogP contribution in [0.3, 0.4) is 0 Å². The lowest BCUT2D eigenvalue weighted by atomic mass is 10.1. The number of urea groups is 1. The number of halogens is 3. The first-order valence-corrected chi connectivity index (χ1v) is 8.28. The van der Waals surface area contributed by atoms with Crippen LogP contribution in [0.25, 0.3) is 0 Å². The normalized spacial score (nSPS) is 12.1. The predicted octanol–water partition coefficient (Wildman–Crippen LogP) is 4.14. The fraction of sp³-hybridized carbons (Fsp3) is 0.263. The quantitative estimate of drug-likeness (QED) is 0.657. The molecule has 0 saturated heterocycles. The smallest absolute Gasteiger partial charge is 0.412 e. The summed E-state index contributed by atoms with van der Waals surface area (Å²) in [5, 5.41) is 13.0. The minimum absolute atomic E-state index is 0.0940. The van der Waals surface area contributed by atoms with Crippen molar-refractivity contribution in [2.45, 2.75) is 25.1 Å². The highest BCUT2D eigenvalue weighted by Crippen LogP contribution is 2.33. The Kier molecular flexibility index (Phi) is 6.86. The van der Waals surface area contributed by atoms with E-state index in [0.717, 1.165) is 0 Å². The summed E-state index contributed by atoms with van der Waals surface area (Å²) >= 11 is 0. The molecule has 0 spiro atoms. The summed E-state index contributed by atoms with van der Waals surface area (Å²) in [6, 6.07) is 8.23. The summed E-state index contributed by atoms with van der Waals surface area (Å²) in [5.41, 5.74) is 0.762. The number of aliphatic carboxylic acids is 1. The van der Waals surface area contributed by atoms with Gasteiger partial charge in [-0.3, -0.25) is 4.79 Å². The molecule has 150 valence electrons. The van der Waals surface area contributed by atoms with Crippen molar-refractivity contribution >= 4 is 17.7 Å². The molecule has 0 fully saturated rings. The lowest BCUT2D eigenvalue weighted by Gasteiger charge is -2.22. The van der Waals surface area contributed by atoms with Gasteiger partial charge >= 0.3 is 18.2 Å². The highest BCUT2D eigenvalue weighted by Gasteiger charge is 2.42. The van der Waals surface area contributed by atoms with Gasteiger partial charge < -0.3 is 20.5 Å². The maximum absolute atomic E-state index is 13.4. The zero-order valence-corrected chi connectivity index (χ0v) is 14.9. The minimum atomic E-state index is -4.70. The van der Waals surface area contributed by atoms with Crippen LogP contribution in [0.15, 0.2) is 48.5 Å². The van der Waals surface area contributed by atoms with Crippen molar-refractivity contribution in [3.8, 4) is 5.75 Å². The van der Waals surface area contributed by atoms with Gasteiger partial charge in [-0.2, -0.15) is 13.2 Å². The van der Waals surface area contributed by atoms with Gasteiger partial charge in [0.2, 0.25) is 0 Å². The molecule has 2 aromatic rings. The number of carbonyl (C=O) groups excluding carboxylic acids is 1. The molecule has 0 aromatic heterocycles. The Bertz CT molecular complexity index is 823. The van der Waals surface area contributed by atoms with Gasteiger partial charge in [0, 0.05) is 12.1 Å². The van der Waals surface area contributed by atoms with Crippen LogP contribution in [-0.4, -0.2) is 30.4 Å². The number of benzene rings is 2. The summed E-state index contributed by atoms with van der Waals surface area (Å²) in [5.74, 6) is -0.573. The van der Waals surface area contributed by atoms with Crippen LogP contribution < -0.4 is 15.4 Å². The maximum Gasteiger partial charge on any atom is 0.412 e. The standard InChI is InChI=1S/C19H19F3N2O4/c1-28-15-8-6-13(7-9-15)17(19(20,21)22)24-18(27)23-14-4-2-3-12(11-14)5-10-16(25)26/h2-4,6-9,11,17H,5,10H2,1H3,(H,25,26)(H2,23,24,27). The molecule has 1 atom stereocenters. The van der Waals surface area contributed by atoms with Crippen molar-refractivity contribution < 1.29 is 32.6 Å². The molecule has 0 aliphatic rings. The van der Waals surface area contributed by atoms with E-state index in [-0.39, 0.29) is 24.1 Å². The molecule has 0 aliphatic heterocycles. The molecule has 6 nitrogen and oxygen atoms in total. The summed E-state index contributed by atoms with van der Waals surface area (Å²) < 4.78 is 45.1. The Morgan fingerprint density at radius 2 is 1.82 bits per heavy atom. The molecule has 2 rings (SSSR count). The number of hydrogen-bond donors (Lipinski definition) is 3. The highest BCUT2D eigenvalue weighted by molar-refractivity contribution is 5.89. The van der Waals surface area contributed by atoms with Crippen LogP contribution in [0.2, 0.25) is 0 Å². The second-order valence-electron chi connectivity index (χ2n) is 5.94. The molecule has 0 heterocycles. The topological polar surface area (TPSA) is 87.7 Å². The van der Waals surface area contributed by atoms with Crippen LogP contribution in [0.4, 0.5) is 23.7 Å². The molecule has 3 N–H and O–H groups in total. The highest BCUT2D eigenvalue weighted by atomic mass is 19.4. The second-order valence-corrected chi connectivity index (χ2v) is 5.94. The van der Waals surface area contributed by atoms with Crippen LogP contribution >= 0.6 is 0 Å². The van der Waals surface area contributed by atoms with Crippen molar-refractivity contribution in [1.29, 1.82) is 0 Å². The number of ether oxygens (including phenoxy) is 1. The Morgan fingerprint density at radius 3 is 2.39 bits per heavy atom. The van der Waals surface area contributed by atoms with E-state index in [0.29, 0.717) is 11.3 Å². The van der Waals surface area contributed by atoms with E-state index in [9.17, 15) is 22.8 Å². The number of aryl methyl sites for hydroxylation is 1. The molecule has 2 amide bonds. The fourth-order valence-corrected chi connectivity index (χ4v) is 2.50. The van der Waals surface area contributed by atoms with Crippen molar-refractivity contribution in [2.24, 2.45) is 0 Å². The number of nitrogens with one attached hydrogen (secondary N) is 2. The van der Waals surface area contributed by atoms with E-state index in [1.165, 1.54) is 43.5 Å². The molecular weight excluding hydrogens is 377 g/mol. The first-order valence-electron chi connectivity index (χ1n) is 8.28. The summed E-state index contributed by atoms with van der Waals surface area (Å²) in [7, 11) is 1.40. The van der Waals surface area contributed by atoms with E-state index >= 15 is 0 Å². The fourth-order valence-electron chi connectivity index (χ4n) is 2.50. The second kappa shape index (κ2) is 9.12. The average Bonchev–Trinajstić information content (AvgIpc) is 2.64. The lowest BCUT2D eigenvalue weighted by Crippen LogP contribution is -2.40. The number of hydrogen-bond acceptors (Lipinski definition) is 3. The van der Waals surface area contributed by atoms with Crippen molar-refractivity contribution in [1.82, 2.24) is 5.32 Å². The number of amides is 2. The SMILES string of the molecule is COc1ccc(C(NC(=O)Nc2cccc(CCC(=O)O)c2)C(F)(F)F)cc1. The van der Waals surface area contributed by atoms with E-state index in [4.69, 9.17) is 9.84 Å². The van der Waals surface area contributed by atoms with Crippen LogP contribution in [0.5, 0.6) is 5.75 Å². The summed E-state index contributed by atoms with van der Waals surface area (Å²) in [4.78, 5) is 22.7. The lowest BCUT2D eigenvalue weighted by molar-refractivity contribution is -0.154. The molecule has 28 heavy (non-hydrogen) atoms. The number of carbonyl (C=O) groups is 2. The zero-order valence-electron chi connectivity index (χ0n) is 14.9. The molecule has 1 unspecified atom stereocenters. The van der Waals surface area contributed by atoms with Gasteiger partial charge in [-0.1, -0.05) is 24.3 Å². The molecular formula is C19H19F3N2O4. The number of carboxylic acids is 1. The third-order valence-corrected chi connectivity index (χ3v) is 3.86. The Morgan fingerprint density at radius 1 is 1.14 bits per heavy atom. The molecule has 0 bridgehead atoms. The Labute approximate surface area is 159 Å². The van der Waals surface area contributed by atoms with Crippen LogP contribution in [-0.2, 0) is 11.2 Å². The van der Waals surface area contributed by atoms with Crippen molar-refractivity contribution in [3.05, 3.63) is 59.7 Å². The van der Waals surface area contributed by atoms with Gasteiger partial charge in [-0.25, -0.2) is 4.79 Å². The monoisotopic (exact) mass is 396 g/mol. The van der Waals surface area contributed by atoms with E-state index in [1.54, 1.807) is 12.1 Å². The van der Waals surface area contributed by atoms with Gasteiger partial charge in [0.15, 0.2) is 6.04 Å². The molecule has 0 aliphatic carbocycles. The third-order valence-electron chi connectivity index (χ3n) is 3.86. The van der Waals surface area contributed by atoms with Crippen LogP contribution in [0, 0.1) is 0 Å². The van der Waals surface area contributed by atoms with Gasteiger partial charge in [-0.05, 0) is 41.8 Å². The number of anilines is 1. The number of carboxylic acid groups (broad SMARTS) is 1. The Balaban J connectivity index is 2.09. The van der Waals surface area contributed by atoms with E-state index in [1.807, 2.05) is 5.32 Å². The third kappa shape index (κ3) is 6.19. The van der Waals surface area contributed by atoms with Gasteiger partial charge in [0.1, 0.15) is 5.75 Å². The number of methoxy groups -OCH3 is 1.